The molecule has 0 saturated heterocycles. The fraction of sp³-hybridized carbons (Fsp3) is 0.900. The van der Waals surface area contributed by atoms with E-state index in [4.69, 9.17) is 0 Å². The summed E-state index contributed by atoms with van der Waals surface area (Å²) in [5, 5.41) is 13.8. The van der Waals surface area contributed by atoms with Gasteiger partial charge in [0.15, 0.2) is 0 Å². The predicted octanol–water partition coefficient (Wildman–Crippen LogP) is 4.48. The van der Waals surface area contributed by atoms with Crippen molar-refractivity contribution in [3.8, 4) is 0 Å². The largest absolute Gasteiger partial charge is 0.379 e. The fourth-order valence-corrected chi connectivity index (χ4v) is 4.81. The molecule has 0 bridgehead atoms. The van der Waals surface area contributed by atoms with Crippen molar-refractivity contribution in [1.29, 1.82) is 0 Å². The summed E-state index contributed by atoms with van der Waals surface area (Å²) < 4.78 is 3.69. The lowest BCUT2D eigenvalue weighted by atomic mass is 9.77. The molecule has 2 aliphatic carbocycles. The van der Waals surface area contributed by atoms with Crippen molar-refractivity contribution in [2.45, 2.75) is 90.2 Å². The van der Waals surface area contributed by atoms with Crippen LogP contribution in [0.3, 0.4) is 0 Å². The summed E-state index contributed by atoms with van der Waals surface area (Å²) in [4.78, 5) is 0. The van der Waals surface area contributed by atoms with Crippen LogP contribution < -0.4 is 10.0 Å². The molecule has 5 atom stereocenters. The Hall–Kier alpha value is -0.0300. The minimum atomic E-state index is -0.360. The Balaban J connectivity index is 1.62. The van der Waals surface area contributed by atoms with Gasteiger partial charge in [-0.2, -0.15) is 0 Å². The van der Waals surface area contributed by atoms with E-state index < -0.39 is 0 Å². The van der Waals surface area contributed by atoms with E-state index in [0.29, 0.717) is 12.0 Å². The number of unbranched alkanes of at least 4 members (excludes halogenated alkanes) is 1. The summed E-state index contributed by atoms with van der Waals surface area (Å²) in [6.45, 7) is 12.4. The third-order valence-corrected chi connectivity index (χ3v) is 6.37. The first-order valence-corrected chi connectivity index (χ1v) is 10.6. The molecule has 140 valence electrons. The molecular weight excluding hydrogens is 316 g/mol. The number of hydrogen-bond acceptors (Lipinski definition) is 4. The fourth-order valence-electron chi connectivity index (χ4n) is 4.14. The van der Waals surface area contributed by atoms with Gasteiger partial charge in [0, 0.05) is 17.3 Å². The number of fused-ring (bicyclic) bond motifs is 1. The zero-order valence-electron chi connectivity index (χ0n) is 16.3. The SMILES string of the molecule is CC1CC2=CCC(NC(O)CCCCNSC(C)(C)C)C(C)C2C1. The van der Waals surface area contributed by atoms with E-state index >= 15 is 0 Å². The van der Waals surface area contributed by atoms with Gasteiger partial charge in [-0.1, -0.05) is 37.4 Å². The number of aliphatic hydroxyl groups excluding tert-OH is 1. The second-order valence-electron chi connectivity index (χ2n) is 8.92. The quantitative estimate of drug-likeness (QED) is 0.260. The molecule has 0 spiro atoms. The number of allylic oxidation sites excluding steroid dienone is 1. The monoisotopic (exact) mass is 354 g/mol. The second-order valence-corrected chi connectivity index (χ2v) is 10.6. The normalized spacial score (nSPS) is 31.7. The van der Waals surface area contributed by atoms with Gasteiger partial charge in [-0.15, -0.1) is 0 Å². The highest BCUT2D eigenvalue weighted by atomic mass is 32.2. The summed E-state index contributed by atoms with van der Waals surface area (Å²) in [6.07, 6.45) is 8.83. The molecule has 1 fully saturated rings. The van der Waals surface area contributed by atoms with Crippen LogP contribution >= 0.6 is 11.9 Å². The zero-order chi connectivity index (χ0) is 17.7. The number of hydrogen-bond donors (Lipinski definition) is 3. The lowest BCUT2D eigenvalue weighted by Crippen LogP contribution is -2.45. The summed E-state index contributed by atoms with van der Waals surface area (Å²) in [5.41, 5.74) is 1.69. The zero-order valence-corrected chi connectivity index (χ0v) is 17.1. The van der Waals surface area contributed by atoms with Crippen LogP contribution in [0.4, 0.5) is 0 Å². The van der Waals surface area contributed by atoms with Crippen LogP contribution in [-0.2, 0) is 0 Å². The lowest BCUT2D eigenvalue weighted by molar-refractivity contribution is 0.0913. The van der Waals surface area contributed by atoms with Crippen molar-refractivity contribution >= 4 is 11.9 Å². The molecule has 2 rings (SSSR count). The van der Waals surface area contributed by atoms with Crippen molar-refractivity contribution in [3.63, 3.8) is 0 Å². The highest BCUT2D eigenvalue weighted by Gasteiger charge is 2.37. The maximum atomic E-state index is 10.3. The molecular formula is C20H38N2OS. The Morgan fingerprint density at radius 1 is 1.29 bits per heavy atom. The van der Waals surface area contributed by atoms with Crippen LogP contribution in [0.1, 0.15) is 73.1 Å². The minimum Gasteiger partial charge on any atom is -0.379 e. The molecule has 3 N–H and O–H groups in total. The minimum absolute atomic E-state index is 0.266. The van der Waals surface area contributed by atoms with Crippen LogP contribution in [0.15, 0.2) is 11.6 Å². The Bertz CT molecular complexity index is 418. The summed E-state index contributed by atoms with van der Waals surface area (Å²) in [6, 6.07) is 0.439. The Kier molecular flexibility index (Phi) is 7.66. The summed E-state index contributed by atoms with van der Waals surface area (Å²) >= 11 is 1.80. The number of rotatable bonds is 8. The van der Waals surface area contributed by atoms with E-state index in [1.165, 1.54) is 12.8 Å². The maximum Gasteiger partial charge on any atom is 0.105 e. The standard InChI is InChI=1S/C20H38N2OS/c1-14-12-16-9-10-18(15(2)17(16)13-14)22-19(23)8-6-7-11-21-24-20(3,4)5/h9,14-15,17-19,21-23H,6-8,10-13H2,1-5H3. The topological polar surface area (TPSA) is 44.3 Å². The molecule has 3 nitrogen and oxygen atoms in total. The Labute approximate surface area is 153 Å². The van der Waals surface area contributed by atoms with Gasteiger partial charge >= 0.3 is 0 Å². The highest BCUT2D eigenvalue weighted by Crippen LogP contribution is 2.44. The van der Waals surface area contributed by atoms with Crippen LogP contribution in [0.5, 0.6) is 0 Å². The van der Waals surface area contributed by atoms with E-state index in [1.807, 2.05) is 0 Å². The number of nitrogens with one attached hydrogen (secondary N) is 2. The molecule has 5 unspecified atom stereocenters. The van der Waals surface area contributed by atoms with E-state index in [2.05, 4.69) is 50.7 Å². The molecule has 0 aromatic carbocycles. The average molecular weight is 355 g/mol. The van der Waals surface area contributed by atoms with Gasteiger partial charge in [0.05, 0.1) is 0 Å². The van der Waals surface area contributed by atoms with E-state index in [-0.39, 0.29) is 11.0 Å². The first kappa shape index (κ1) is 20.3. The smallest absolute Gasteiger partial charge is 0.105 e. The molecule has 2 aliphatic rings. The Morgan fingerprint density at radius 3 is 2.75 bits per heavy atom. The molecule has 0 aliphatic heterocycles. The molecule has 1 saturated carbocycles. The molecule has 0 aromatic heterocycles. The Morgan fingerprint density at radius 2 is 2.04 bits per heavy atom. The van der Waals surface area contributed by atoms with Gasteiger partial charge in [-0.3, -0.25) is 10.0 Å². The third kappa shape index (κ3) is 6.36. The molecule has 24 heavy (non-hydrogen) atoms. The first-order valence-electron chi connectivity index (χ1n) is 9.80. The maximum absolute atomic E-state index is 10.3. The molecule has 0 heterocycles. The van der Waals surface area contributed by atoms with Crippen LogP contribution in [0.25, 0.3) is 0 Å². The first-order chi connectivity index (χ1) is 11.3. The summed E-state index contributed by atoms with van der Waals surface area (Å²) in [7, 11) is 0. The highest BCUT2D eigenvalue weighted by molar-refractivity contribution is 7.98. The average Bonchev–Trinajstić information content (AvgIpc) is 2.86. The van der Waals surface area contributed by atoms with Crippen LogP contribution in [-0.4, -0.2) is 28.7 Å². The van der Waals surface area contributed by atoms with Crippen molar-refractivity contribution in [1.82, 2.24) is 10.0 Å². The van der Waals surface area contributed by atoms with Crippen molar-refractivity contribution in [2.75, 3.05) is 6.54 Å². The third-order valence-electron chi connectivity index (χ3n) is 5.41. The van der Waals surface area contributed by atoms with Gasteiger partial charge in [-0.05, 0) is 77.0 Å². The van der Waals surface area contributed by atoms with Crippen molar-refractivity contribution < 1.29 is 5.11 Å². The van der Waals surface area contributed by atoms with Crippen molar-refractivity contribution in [3.05, 3.63) is 11.6 Å². The summed E-state index contributed by atoms with van der Waals surface area (Å²) in [5.74, 6) is 2.23. The lowest BCUT2D eigenvalue weighted by Gasteiger charge is -2.35. The molecule has 0 aromatic rings. The van der Waals surface area contributed by atoms with E-state index in [1.54, 1.807) is 17.5 Å². The van der Waals surface area contributed by atoms with Gasteiger partial charge in [0.1, 0.15) is 6.23 Å². The van der Waals surface area contributed by atoms with Crippen LogP contribution in [0, 0.1) is 17.8 Å². The van der Waals surface area contributed by atoms with Gasteiger partial charge in [-0.25, -0.2) is 0 Å². The molecule has 0 radical (unpaired) electrons. The second kappa shape index (κ2) is 9.07. The van der Waals surface area contributed by atoms with E-state index in [9.17, 15) is 5.11 Å². The van der Waals surface area contributed by atoms with Gasteiger partial charge in [0.25, 0.3) is 0 Å². The molecule has 0 amide bonds. The number of aliphatic hydroxyl groups is 1. The predicted molar refractivity (Wildman–Crippen MR) is 106 cm³/mol. The van der Waals surface area contributed by atoms with Crippen molar-refractivity contribution in [2.24, 2.45) is 17.8 Å². The van der Waals surface area contributed by atoms with Gasteiger partial charge < -0.3 is 5.11 Å². The van der Waals surface area contributed by atoms with Crippen LogP contribution in [0.2, 0.25) is 0 Å². The molecule has 4 heteroatoms. The van der Waals surface area contributed by atoms with E-state index in [0.717, 1.165) is 44.1 Å². The van der Waals surface area contributed by atoms with Gasteiger partial charge in [0.2, 0.25) is 0 Å².